The monoisotopic (exact) mass is 330 g/mol. The standard InChI is InChI=1S/C23H26N2/c1-3-4-10-19-13-15-21(16-14-19)22(20-11-6-5-7-12-20)25-23-18(2)9-8-17-24-23/h5-9,11-17,22H,3-4,10H2,1-2H3,(H,24,25). The first-order chi connectivity index (χ1) is 12.3. The van der Waals surface area contributed by atoms with Crippen LogP contribution in [0.1, 0.15) is 48.1 Å². The van der Waals surface area contributed by atoms with Crippen molar-refractivity contribution in [2.75, 3.05) is 5.32 Å². The number of aryl methyl sites for hydroxylation is 2. The summed E-state index contributed by atoms with van der Waals surface area (Å²) < 4.78 is 0. The lowest BCUT2D eigenvalue weighted by atomic mass is 9.96. The van der Waals surface area contributed by atoms with Gasteiger partial charge in [-0.1, -0.05) is 74.0 Å². The molecule has 2 heteroatoms. The van der Waals surface area contributed by atoms with Gasteiger partial charge in [-0.15, -0.1) is 0 Å². The molecule has 0 aliphatic carbocycles. The van der Waals surface area contributed by atoms with Crippen LogP contribution in [0.25, 0.3) is 0 Å². The molecule has 1 unspecified atom stereocenters. The summed E-state index contributed by atoms with van der Waals surface area (Å²) in [6, 6.07) is 23.7. The molecule has 1 atom stereocenters. The van der Waals surface area contributed by atoms with Crippen LogP contribution in [0.5, 0.6) is 0 Å². The number of aromatic nitrogens is 1. The molecule has 0 radical (unpaired) electrons. The molecule has 2 nitrogen and oxygen atoms in total. The third-order valence-corrected chi connectivity index (χ3v) is 4.56. The molecule has 0 spiro atoms. The molecule has 1 N–H and O–H groups in total. The van der Waals surface area contributed by atoms with Crippen molar-refractivity contribution in [1.29, 1.82) is 0 Å². The number of nitrogens with zero attached hydrogens (tertiary/aromatic N) is 1. The smallest absolute Gasteiger partial charge is 0.129 e. The zero-order valence-electron chi connectivity index (χ0n) is 15.1. The minimum absolute atomic E-state index is 0.0926. The molecule has 0 aliphatic heterocycles. The number of nitrogens with one attached hydrogen (secondary N) is 1. The number of unbranched alkanes of at least 4 members (excludes halogenated alkanes) is 1. The van der Waals surface area contributed by atoms with Gasteiger partial charge < -0.3 is 5.32 Å². The zero-order chi connectivity index (χ0) is 17.5. The second-order valence-electron chi connectivity index (χ2n) is 6.50. The van der Waals surface area contributed by atoms with Crippen molar-refractivity contribution in [1.82, 2.24) is 4.98 Å². The van der Waals surface area contributed by atoms with Crippen molar-refractivity contribution in [3.63, 3.8) is 0 Å². The van der Waals surface area contributed by atoms with Gasteiger partial charge >= 0.3 is 0 Å². The summed E-state index contributed by atoms with van der Waals surface area (Å²) in [6.45, 7) is 4.32. The highest BCUT2D eigenvalue weighted by atomic mass is 15.0. The maximum atomic E-state index is 4.52. The Labute approximate surface area is 151 Å². The van der Waals surface area contributed by atoms with Crippen LogP contribution in [0.15, 0.2) is 72.9 Å². The summed E-state index contributed by atoms with van der Waals surface area (Å²) in [6.07, 6.45) is 5.46. The van der Waals surface area contributed by atoms with Crippen molar-refractivity contribution in [3.8, 4) is 0 Å². The Morgan fingerprint density at radius 1 is 0.880 bits per heavy atom. The number of rotatable bonds is 7. The van der Waals surface area contributed by atoms with Gasteiger partial charge in [0.25, 0.3) is 0 Å². The number of benzene rings is 2. The van der Waals surface area contributed by atoms with Crippen molar-refractivity contribution in [2.24, 2.45) is 0 Å². The van der Waals surface area contributed by atoms with Crippen LogP contribution in [-0.2, 0) is 6.42 Å². The number of pyridine rings is 1. The first-order valence-corrected chi connectivity index (χ1v) is 9.10. The van der Waals surface area contributed by atoms with Crippen molar-refractivity contribution >= 4 is 5.82 Å². The minimum atomic E-state index is 0.0926. The maximum absolute atomic E-state index is 4.52. The molecule has 0 saturated heterocycles. The summed E-state index contributed by atoms with van der Waals surface area (Å²) in [5.41, 5.74) is 5.07. The number of hydrogen-bond donors (Lipinski definition) is 1. The van der Waals surface area contributed by atoms with E-state index in [1.54, 1.807) is 0 Å². The van der Waals surface area contributed by atoms with Crippen LogP contribution in [0.4, 0.5) is 5.82 Å². The lowest BCUT2D eigenvalue weighted by Crippen LogP contribution is -2.14. The van der Waals surface area contributed by atoms with Crippen LogP contribution >= 0.6 is 0 Å². The molecule has 0 saturated carbocycles. The van der Waals surface area contributed by atoms with Crippen LogP contribution in [-0.4, -0.2) is 4.98 Å². The highest BCUT2D eigenvalue weighted by Gasteiger charge is 2.15. The summed E-state index contributed by atoms with van der Waals surface area (Å²) in [5, 5.41) is 3.63. The summed E-state index contributed by atoms with van der Waals surface area (Å²) in [4.78, 5) is 4.52. The first kappa shape index (κ1) is 17.2. The van der Waals surface area contributed by atoms with Gasteiger partial charge in [0.2, 0.25) is 0 Å². The Balaban J connectivity index is 1.90. The molecule has 0 aliphatic rings. The molecule has 0 fully saturated rings. The second kappa shape index (κ2) is 8.48. The summed E-state index contributed by atoms with van der Waals surface area (Å²) >= 11 is 0. The molecule has 3 aromatic rings. The first-order valence-electron chi connectivity index (χ1n) is 9.10. The molecule has 0 amide bonds. The Morgan fingerprint density at radius 2 is 1.60 bits per heavy atom. The Kier molecular flexibility index (Phi) is 5.84. The van der Waals surface area contributed by atoms with E-state index in [9.17, 15) is 0 Å². The van der Waals surface area contributed by atoms with Crippen LogP contribution in [0.2, 0.25) is 0 Å². The van der Waals surface area contributed by atoms with E-state index in [0.717, 1.165) is 17.8 Å². The summed E-state index contributed by atoms with van der Waals surface area (Å²) in [7, 11) is 0. The van der Waals surface area contributed by atoms with Gasteiger partial charge in [-0.2, -0.15) is 0 Å². The summed E-state index contributed by atoms with van der Waals surface area (Å²) in [5.74, 6) is 0.936. The Hall–Kier alpha value is -2.61. The number of anilines is 1. The van der Waals surface area contributed by atoms with Gasteiger partial charge in [-0.25, -0.2) is 4.98 Å². The van der Waals surface area contributed by atoms with Gasteiger partial charge in [0.15, 0.2) is 0 Å². The Morgan fingerprint density at radius 3 is 2.28 bits per heavy atom. The average molecular weight is 330 g/mol. The molecular formula is C23H26N2. The fraction of sp³-hybridized carbons (Fsp3) is 0.261. The average Bonchev–Trinajstić information content (AvgIpc) is 2.67. The molecule has 1 heterocycles. The minimum Gasteiger partial charge on any atom is -0.359 e. The van der Waals surface area contributed by atoms with E-state index < -0.39 is 0 Å². The number of hydrogen-bond acceptors (Lipinski definition) is 2. The molecule has 0 bridgehead atoms. The van der Waals surface area contributed by atoms with Crippen molar-refractivity contribution < 1.29 is 0 Å². The molecule has 2 aromatic carbocycles. The van der Waals surface area contributed by atoms with E-state index in [1.807, 2.05) is 12.3 Å². The van der Waals surface area contributed by atoms with Crippen molar-refractivity contribution in [2.45, 2.75) is 39.2 Å². The van der Waals surface area contributed by atoms with Gasteiger partial charge in [-0.3, -0.25) is 0 Å². The highest BCUT2D eigenvalue weighted by molar-refractivity contribution is 5.49. The van der Waals surface area contributed by atoms with E-state index >= 15 is 0 Å². The van der Waals surface area contributed by atoms with E-state index in [-0.39, 0.29) is 6.04 Å². The SMILES string of the molecule is CCCCc1ccc(C(Nc2ncccc2C)c2ccccc2)cc1. The quantitative estimate of drug-likeness (QED) is 0.580. The zero-order valence-corrected chi connectivity index (χ0v) is 15.1. The molecular weight excluding hydrogens is 304 g/mol. The topological polar surface area (TPSA) is 24.9 Å². The fourth-order valence-electron chi connectivity index (χ4n) is 3.04. The van der Waals surface area contributed by atoms with E-state index in [4.69, 9.17) is 0 Å². The van der Waals surface area contributed by atoms with E-state index in [0.29, 0.717) is 0 Å². The highest BCUT2D eigenvalue weighted by Crippen LogP contribution is 2.27. The van der Waals surface area contributed by atoms with Gasteiger partial charge in [-0.05, 0) is 48.1 Å². The third kappa shape index (κ3) is 4.48. The molecule has 128 valence electrons. The normalized spacial score (nSPS) is 11.9. The fourth-order valence-corrected chi connectivity index (χ4v) is 3.04. The molecule has 1 aromatic heterocycles. The largest absolute Gasteiger partial charge is 0.359 e. The van der Waals surface area contributed by atoms with Crippen LogP contribution in [0.3, 0.4) is 0 Å². The second-order valence-corrected chi connectivity index (χ2v) is 6.50. The van der Waals surface area contributed by atoms with Crippen LogP contribution < -0.4 is 5.32 Å². The predicted octanol–water partition coefficient (Wildman–Crippen LogP) is 5.93. The van der Waals surface area contributed by atoms with Gasteiger partial charge in [0.05, 0.1) is 6.04 Å². The third-order valence-electron chi connectivity index (χ3n) is 4.56. The lowest BCUT2D eigenvalue weighted by molar-refractivity contribution is 0.794. The van der Waals surface area contributed by atoms with Crippen molar-refractivity contribution in [3.05, 3.63) is 95.2 Å². The maximum Gasteiger partial charge on any atom is 0.129 e. The lowest BCUT2D eigenvalue weighted by Gasteiger charge is -2.22. The molecule has 25 heavy (non-hydrogen) atoms. The van der Waals surface area contributed by atoms with E-state index in [2.05, 4.69) is 84.8 Å². The van der Waals surface area contributed by atoms with Crippen LogP contribution in [0, 0.1) is 6.92 Å². The molecule has 3 rings (SSSR count). The van der Waals surface area contributed by atoms with E-state index in [1.165, 1.54) is 29.5 Å². The van der Waals surface area contributed by atoms with Gasteiger partial charge in [0, 0.05) is 6.20 Å². The Bertz CT molecular complexity index is 779. The van der Waals surface area contributed by atoms with Gasteiger partial charge in [0.1, 0.15) is 5.82 Å². The predicted molar refractivity (Wildman–Crippen MR) is 106 cm³/mol.